The van der Waals surface area contributed by atoms with Crippen molar-refractivity contribution in [3.8, 4) is 0 Å². The second kappa shape index (κ2) is 6.01. The Bertz CT molecular complexity index is 552. The molecular weight excluding hydrogens is 290 g/mol. The van der Waals surface area contributed by atoms with Crippen LogP contribution < -0.4 is 10.6 Å². The Balaban J connectivity index is 1.87. The number of thiazole rings is 1. The number of carbonyl (C=O) groups is 2. The number of hydrogen-bond acceptors (Lipinski definition) is 4. The van der Waals surface area contributed by atoms with Crippen LogP contribution in [0.3, 0.4) is 0 Å². The lowest BCUT2D eigenvalue weighted by atomic mass is 9.69. The van der Waals surface area contributed by atoms with Crippen molar-refractivity contribution in [1.82, 2.24) is 15.6 Å². The lowest BCUT2D eigenvalue weighted by Crippen LogP contribution is -2.50. The summed E-state index contributed by atoms with van der Waals surface area (Å²) >= 11 is 1.56. The van der Waals surface area contributed by atoms with E-state index in [9.17, 15) is 14.7 Å². The Morgan fingerprint density at radius 2 is 2.10 bits per heavy atom. The predicted molar refractivity (Wildman–Crippen MR) is 80.5 cm³/mol. The molecule has 1 aliphatic carbocycles. The maximum absolute atomic E-state index is 11.9. The molecule has 1 saturated carbocycles. The molecule has 1 unspecified atom stereocenters. The van der Waals surface area contributed by atoms with Crippen molar-refractivity contribution in [2.24, 2.45) is 5.41 Å². The fourth-order valence-corrected chi connectivity index (χ4v) is 3.51. The molecule has 7 heteroatoms. The minimum absolute atomic E-state index is 0.140. The van der Waals surface area contributed by atoms with Gasteiger partial charge in [-0.25, -0.2) is 9.78 Å². The zero-order valence-corrected chi connectivity index (χ0v) is 13.3. The summed E-state index contributed by atoms with van der Waals surface area (Å²) in [5.74, 6) is -0.823. The average molecular weight is 311 g/mol. The number of carboxylic acid groups (broad SMARTS) is 1. The molecule has 1 aromatic rings. The van der Waals surface area contributed by atoms with Crippen LogP contribution in [0.4, 0.5) is 4.79 Å². The van der Waals surface area contributed by atoms with Crippen LogP contribution in [0.5, 0.6) is 0 Å². The highest BCUT2D eigenvalue weighted by Gasteiger charge is 2.44. The Morgan fingerprint density at radius 1 is 1.43 bits per heavy atom. The summed E-state index contributed by atoms with van der Waals surface area (Å²) in [6, 6.07) is -0.473. The second-order valence-corrected chi connectivity index (χ2v) is 6.91. The van der Waals surface area contributed by atoms with Crippen molar-refractivity contribution < 1.29 is 14.7 Å². The lowest BCUT2D eigenvalue weighted by Gasteiger charge is -2.37. The normalized spacial score (nSPS) is 17.7. The number of urea groups is 1. The van der Waals surface area contributed by atoms with E-state index in [4.69, 9.17) is 0 Å². The first kappa shape index (κ1) is 15.8. The van der Waals surface area contributed by atoms with E-state index >= 15 is 0 Å². The minimum Gasteiger partial charge on any atom is -0.481 e. The Labute approximate surface area is 128 Å². The first-order valence-corrected chi connectivity index (χ1v) is 7.87. The fraction of sp³-hybridized carbons (Fsp3) is 0.643. The molecule has 0 bridgehead atoms. The number of carboxylic acids is 1. The van der Waals surface area contributed by atoms with E-state index in [0.29, 0.717) is 12.8 Å². The van der Waals surface area contributed by atoms with Crippen LogP contribution in [-0.4, -0.2) is 28.6 Å². The van der Waals surface area contributed by atoms with Gasteiger partial charge in [-0.1, -0.05) is 6.42 Å². The molecule has 1 atom stereocenters. The number of nitrogens with one attached hydrogen (secondary N) is 2. The summed E-state index contributed by atoms with van der Waals surface area (Å²) in [7, 11) is 0. The summed E-state index contributed by atoms with van der Waals surface area (Å²) < 4.78 is 0. The average Bonchev–Trinajstić information content (AvgIpc) is 2.66. The summed E-state index contributed by atoms with van der Waals surface area (Å²) in [6.45, 7) is 5.93. The van der Waals surface area contributed by atoms with Crippen LogP contribution in [0.2, 0.25) is 0 Å². The van der Waals surface area contributed by atoms with Crippen LogP contribution in [0.25, 0.3) is 0 Å². The Hall–Kier alpha value is -1.63. The number of aromatic nitrogens is 1. The first-order valence-electron chi connectivity index (χ1n) is 7.06. The molecule has 0 saturated heterocycles. The van der Waals surface area contributed by atoms with E-state index in [1.165, 1.54) is 0 Å². The molecule has 1 heterocycles. The fourth-order valence-electron chi connectivity index (χ4n) is 2.58. The van der Waals surface area contributed by atoms with E-state index in [0.717, 1.165) is 22.0 Å². The molecule has 21 heavy (non-hydrogen) atoms. The summed E-state index contributed by atoms with van der Waals surface area (Å²) in [5, 5.41) is 15.7. The highest BCUT2D eigenvalue weighted by Crippen LogP contribution is 2.40. The van der Waals surface area contributed by atoms with E-state index < -0.39 is 11.4 Å². The molecule has 2 rings (SSSR count). The monoisotopic (exact) mass is 311 g/mol. The number of nitrogens with zero attached hydrogens (tertiary/aromatic N) is 1. The number of aryl methyl sites for hydroxylation is 2. The highest BCUT2D eigenvalue weighted by molar-refractivity contribution is 7.11. The van der Waals surface area contributed by atoms with Gasteiger partial charge in [-0.2, -0.15) is 0 Å². The van der Waals surface area contributed by atoms with Gasteiger partial charge < -0.3 is 15.7 Å². The van der Waals surface area contributed by atoms with Crippen molar-refractivity contribution in [3.63, 3.8) is 0 Å². The van der Waals surface area contributed by atoms with Gasteiger partial charge in [0, 0.05) is 11.4 Å². The van der Waals surface area contributed by atoms with Crippen LogP contribution in [0, 0.1) is 19.3 Å². The third-order valence-corrected chi connectivity index (χ3v) is 5.29. The zero-order chi connectivity index (χ0) is 15.6. The van der Waals surface area contributed by atoms with E-state index in [1.807, 2.05) is 20.8 Å². The van der Waals surface area contributed by atoms with Gasteiger partial charge in [0.05, 0.1) is 22.2 Å². The van der Waals surface area contributed by atoms with Crippen molar-refractivity contribution in [2.75, 3.05) is 6.54 Å². The van der Waals surface area contributed by atoms with Gasteiger partial charge in [-0.3, -0.25) is 4.79 Å². The quantitative estimate of drug-likeness (QED) is 0.778. The van der Waals surface area contributed by atoms with Gasteiger partial charge in [-0.05, 0) is 33.6 Å². The molecule has 1 aromatic heterocycles. The van der Waals surface area contributed by atoms with E-state index in [2.05, 4.69) is 15.6 Å². The number of amides is 2. The van der Waals surface area contributed by atoms with Gasteiger partial charge in [0.15, 0.2) is 0 Å². The largest absolute Gasteiger partial charge is 0.481 e. The number of aliphatic carboxylic acids is 1. The van der Waals surface area contributed by atoms with E-state index in [-0.39, 0.29) is 18.6 Å². The Kier molecular flexibility index (Phi) is 4.51. The highest BCUT2D eigenvalue weighted by atomic mass is 32.1. The van der Waals surface area contributed by atoms with Gasteiger partial charge in [0.2, 0.25) is 0 Å². The van der Waals surface area contributed by atoms with Crippen LogP contribution in [-0.2, 0) is 4.79 Å². The molecule has 0 aromatic carbocycles. The van der Waals surface area contributed by atoms with Crippen LogP contribution in [0.15, 0.2) is 0 Å². The zero-order valence-electron chi connectivity index (χ0n) is 12.5. The number of hydrogen-bond donors (Lipinski definition) is 3. The number of carbonyl (C=O) groups excluding carboxylic acids is 1. The van der Waals surface area contributed by atoms with Crippen molar-refractivity contribution in [1.29, 1.82) is 0 Å². The molecule has 3 N–H and O–H groups in total. The molecule has 0 radical (unpaired) electrons. The minimum atomic E-state index is -0.823. The summed E-state index contributed by atoms with van der Waals surface area (Å²) in [4.78, 5) is 28.5. The molecule has 0 aliphatic heterocycles. The molecule has 2 amide bonds. The maximum atomic E-state index is 11.9. The van der Waals surface area contributed by atoms with Crippen molar-refractivity contribution >= 4 is 23.3 Å². The third-order valence-electron chi connectivity index (χ3n) is 4.03. The first-order chi connectivity index (χ1) is 9.84. The SMILES string of the molecule is Cc1nc(C)c(C(C)NC(=O)NCC2(C(=O)O)CCC2)s1. The topological polar surface area (TPSA) is 91.3 Å². The standard InChI is InChI=1S/C14H21N3O3S/c1-8-11(21-10(3)16-8)9(2)17-13(20)15-7-14(12(18)19)5-4-6-14/h9H,4-7H2,1-3H3,(H,18,19)(H2,15,17,20). The molecule has 1 fully saturated rings. The van der Waals surface area contributed by atoms with Gasteiger partial charge in [-0.15, -0.1) is 11.3 Å². The van der Waals surface area contributed by atoms with Gasteiger partial charge in [0.1, 0.15) is 0 Å². The van der Waals surface area contributed by atoms with Crippen LogP contribution >= 0.6 is 11.3 Å². The second-order valence-electron chi connectivity index (χ2n) is 5.67. The van der Waals surface area contributed by atoms with Crippen molar-refractivity contribution in [3.05, 3.63) is 15.6 Å². The van der Waals surface area contributed by atoms with E-state index in [1.54, 1.807) is 11.3 Å². The van der Waals surface area contributed by atoms with Crippen molar-refractivity contribution in [2.45, 2.75) is 46.1 Å². The predicted octanol–water partition coefficient (Wildman–Crippen LogP) is 2.38. The maximum Gasteiger partial charge on any atom is 0.315 e. The molecule has 6 nitrogen and oxygen atoms in total. The smallest absolute Gasteiger partial charge is 0.315 e. The van der Waals surface area contributed by atoms with Gasteiger partial charge in [0.25, 0.3) is 0 Å². The summed E-state index contributed by atoms with van der Waals surface area (Å²) in [5.41, 5.74) is 0.156. The van der Waals surface area contributed by atoms with Gasteiger partial charge >= 0.3 is 12.0 Å². The lowest BCUT2D eigenvalue weighted by molar-refractivity contribution is -0.153. The molecular formula is C14H21N3O3S. The number of rotatable bonds is 5. The third kappa shape index (κ3) is 3.34. The van der Waals surface area contributed by atoms with Crippen LogP contribution in [0.1, 0.15) is 47.8 Å². The molecule has 0 spiro atoms. The molecule has 1 aliphatic rings. The molecule has 116 valence electrons. The summed E-state index contributed by atoms with van der Waals surface area (Å²) in [6.07, 6.45) is 2.17. The Morgan fingerprint density at radius 3 is 2.52 bits per heavy atom.